The molecule has 0 N–H and O–H groups in total. The van der Waals surface area contributed by atoms with Crippen molar-refractivity contribution in [2.24, 2.45) is 5.41 Å². The van der Waals surface area contributed by atoms with E-state index in [0.717, 1.165) is 29.3 Å². The van der Waals surface area contributed by atoms with Crippen LogP contribution in [-0.4, -0.2) is 17.3 Å². The minimum absolute atomic E-state index is 0.139. The molecule has 2 aromatic carbocycles. The molecule has 0 atom stereocenters. The van der Waals surface area contributed by atoms with Crippen LogP contribution in [0.5, 0.6) is 0 Å². The first kappa shape index (κ1) is 21.2. The van der Waals surface area contributed by atoms with E-state index in [1.165, 1.54) is 0 Å². The number of alkyl halides is 1. The number of halogens is 1. The molecule has 0 bridgehead atoms. The van der Waals surface area contributed by atoms with Crippen LogP contribution in [0.1, 0.15) is 37.3 Å². The van der Waals surface area contributed by atoms with Crippen LogP contribution in [0.4, 0.5) is 0 Å². The zero-order valence-corrected chi connectivity index (χ0v) is 17.1. The molecule has 0 fully saturated rings. The van der Waals surface area contributed by atoms with Gasteiger partial charge in [0, 0.05) is 5.33 Å². The molecule has 2 aromatic rings. The van der Waals surface area contributed by atoms with Gasteiger partial charge in [-0.15, -0.1) is 0 Å². The fraction of sp³-hybridized carbons (Fsp3) is 0.364. The van der Waals surface area contributed by atoms with Gasteiger partial charge >= 0.3 is 11.9 Å². The zero-order chi connectivity index (χ0) is 19.5. The fourth-order valence-electron chi connectivity index (χ4n) is 2.63. The SMILES string of the molecule is CC(CCCCBr)(C(=O)OCc1ccccc1)C(=O)OCc1ccccc1. The van der Waals surface area contributed by atoms with Crippen molar-refractivity contribution in [3.05, 3.63) is 71.8 Å². The van der Waals surface area contributed by atoms with E-state index in [-0.39, 0.29) is 13.2 Å². The van der Waals surface area contributed by atoms with Crippen molar-refractivity contribution in [2.75, 3.05) is 5.33 Å². The van der Waals surface area contributed by atoms with Crippen LogP contribution in [0.15, 0.2) is 60.7 Å². The van der Waals surface area contributed by atoms with E-state index in [0.29, 0.717) is 6.42 Å². The molecule has 27 heavy (non-hydrogen) atoms. The highest BCUT2D eigenvalue weighted by Gasteiger charge is 2.43. The predicted molar refractivity (Wildman–Crippen MR) is 108 cm³/mol. The highest BCUT2D eigenvalue weighted by atomic mass is 79.9. The Labute approximate surface area is 169 Å². The summed E-state index contributed by atoms with van der Waals surface area (Å²) >= 11 is 3.38. The largest absolute Gasteiger partial charge is 0.460 e. The first-order valence-corrected chi connectivity index (χ1v) is 10.2. The van der Waals surface area contributed by atoms with Crippen molar-refractivity contribution in [3.63, 3.8) is 0 Å². The Morgan fingerprint density at radius 2 is 1.26 bits per heavy atom. The number of benzene rings is 2. The Bertz CT molecular complexity index is 660. The standard InChI is InChI=1S/C22H25BrO4/c1-22(14-8-9-15-23,20(24)26-16-18-10-4-2-5-11-18)21(25)27-17-19-12-6-3-7-13-19/h2-7,10-13H,8-9,14-17H2,1H3. The van der Waals surface area contributed by atoms with Crippen molar-refractivity contribution in [1.29, 1.82) is 0 Å². The monoisotopic (exact) mass is 432 g/mol. The quantitative estimate of drug-likeness (QED) is 0.228. The Hall–Kier alpha value is -2.14. The number of hydrogen-bond donors (Lipinski definition) is 0. The summed E-state index contributed by atoms with van der Waals surface area (Å²) in [6.45, 7) is 1.89. The normalized spacial score (nSPS) is 11.0. The summed E-state index contributed by atoms with van der Waals surface area (Å²) < 4.78 is 10.9. The van der Waals surface area contributed by atoms with E-state index in [4.69, 9.17) is 9.47 Å². The number of ether oxygens (including phenoxy) is 2. The van der Waals surface area contributed by atoms with Crippen LogP contribution in [0, 0.1) is 5.41 Å². The molecule has 5 heteroatoms. The highest BCUT2D eigenvalue weighted by molar-refractivity contribution is 9.09. The number of carbonyl (C=O) groups is 2. The first-order chi connectivity index (χ1) is 13.1. The number of carbonyl (C=O) groups excluding carboxylic acids is 2. The van der Waals surface area contributed by atoms with Gasteiger partial charge in [-0.25, -0.2) is 0 Å². The second-order valence-electron chi connectivity index (χ2n) is 6.60. The molecule has 0 aliphatic rings. The Morgan fingerprint density at radius 3 is 1.67 bits per heavy atom. The summed E-state index contributed by atoms with van der Waals surface area (Å²) in [6.07, 6.45) is 1.98. The summed E-state index contributed by atoms with van der Waals surface area (Å²) in [6, 6.07) is 18.8. The van der Waals surface area contributed by atoms with E-state index in [2.05, 4.69) is 15.9 Å². The van der Waals surface area contributed by atoms with Crippen LogP contribution in [-0.2, 0) is 32.3 Å². The minimum atomic E-state index is -1.31. The summed E-state index contributed by atoms with van der Waals surface area (Å²) in [5.74, 6) is -1.09. The lowest BCUT2D eigenvalue weighted by molar-refractivity contribution is -0.173. The average molecular weight is 433 g/mol. The van der Waals surface area contributed by atoms with E-state index < -0.39 is 17.4 Å². The topological polar surface area (TPSA) is 52.6 Å². The van der Waals surface area contributed by atoms with Gasteiger partial charge in [-0.05, 0) is 30.9 Å². The van der Waals surface area contributed by atoms with Gasteiger partial charge in [0.1, 0.15) is 13.2 Å². The summed E-state index contributed by atoms with van der Waals surface area (Å²) in [7, 11) is 0. The molecular weight excluding hydrogens is 408 g/mol. The molecule has 0 saturated heterocycles. The van der Waals surface area contributed by atoms with E-state index in [9.17, 15) is 9.59 Å². The van der Waals surface area contributed by atoms with Crippen LogP contribution in [0.3, 0.4) is 0 Å². The second-order valence-corrected chi connectivity index (χ2v) is 7.39. The summed E-state index contributed by atoms with van der Waals surface area (Å²) in [4.78, 5) is 25.5. The maximum absolute atomic E-state index is 12.8. The number of esters is 2. The van der Waals surface area contributed by atoms with Crippen molar-refractivity contribution in [3.8, 4) is 0 Å². The third kappa shape index (κ3) is 6.51. The van der Waals surface area contributed by atoms with Gasteiger partial charge in [0.2, 0.25) is 0 Å². The Kier molecular flexibility index (Phi) is 8.52. The molecule has 0 heterocycles. The van der Waals surface area contributed by atoms with Crippen LogP contribution >= 0.6 is 15.9 Å². The molecule has 0 aromatic heterocycles. The molecule has 0 spiro atoms. The third-order valence-corrected chi connectivity index (χ3v) is 4.95. The maximum atomic E-state index is 12.8. The van der Waals surface area contributed by atoms with Crippen molar-refractivity contribution >= 4 is 27.9 Å². The molecular formula is C22H25BrO4. The number of unbranched alkanes of at least 4 members (excludes halogenated alkanes) is 1. The van der Waals surface area contributed by atoms with Crippen LogP contribution in [0.25, 0.3) is 0 Å². The lowest BCUT2D eigenvalue weighted by Crippen LogP contribution is -2.39. The molecule has 4 nitrogen and oxygen atoms in total. The zero-order valence-electron chi connectivity index (χ0n) is 15.5. The van der Waals surface area contributed by atoms with Gasteiger partial charge in [-0.2, -0.15) is 0 Å². The number of rotatable bonds is 10. The summed E-state index contributed by atoms with van der Waals surface area (Å²) in [5.41, 5.74) is 0.448. The van der Waals surface area contributed by atoms with Gasteiger partial charge < -0.3 is 9.47 Å². The van der Waals surface area contributed by atoms with E-state index >= 15 is 0 Å². The highest BCUT2D eigenvalue weighted by Crippen LogP contribution is 2.29. The average Bonchev–Trinajstić information content (AvgIpc) is 2.71. The Morgan fingerprint density at radius 1 is 0.815 bits per heavy atom. The Balaban J connectivity index is 2.02. The molecule has 0 radical (unpaired) electrons. The lowest BCUT2D eigenvalue weighted by atomic mass is 9.85. The fourth-order valence-corrected chi connectivity index (χ4v) is 3.02. The van der Waals surface area contributed by atoms with Crippen molar-refractivity contribution in [1.82, 2.24) is 0 Å². The molecule has 2 rings (SSSR count). The van der Waals surface area contributed by atoms with Crippen molar-refractivity contribution in [2.45, 2.75) is 39.4 Å². The molecule has 0 aliphatic carbocycles. The predicted octanol–water partition coefficient (Wildman–Crippen LogP) is 5.04. The van der Waals surface area contributed by atoms with Gasteiger partial charge in [-0.1, -0.05) is 83.0 Å². The minimum Gasteiger partial charge on any atom is -0.460 e. The lowest BCUT2D eigenvalue weighted by Gasteiger charge is -2.25. The van der Waals surface area contributed by atoms with Gasteiger partial charge in [-0.3, -0.25) is 9.59 Å². The third-order valence-electron chi connectivity index (χ3n) is 4.39. The first-order valence-electron chi connectivity index (χ1n) is 9.04. The van der Waals surface area contributed by atoms with E-state index in [1.807, 2.05) is 60.7 Å². The molecule has 0 unspecified atom stereocenters. The number of hydrogen-bond acceptors (Lipinski definition) is 4. The second kappa shape index (κ2) is 10.9. The molecule has 0 aliphatic heterocycles. The molecule has 0 saturated carbocycles. The van der Waals surface area contributed by atoms with Gasteiger partial charge in [0.25, 0.3) is 0 Å². The van der Waals surface area contributed by atoms with Gasteiger partial charge in [0.05, 0.1) is 0 Å². The van der Waals surface area contributed by atoms with Crippen LogP contribution < -0.4 is 0 Å². The molecule has 144 valence electrons. The smallest absolute Gasteiger partial charge is 0.323 e. The maximum Gasteiger partial charge on any atom is 0.323 e. The summed E-state index contributed by atoms with van der Waals surface area (Å²) in [5, 5.41) is 0.821. The van der Waals surface area contributed by atoms with Crippen LogP contribution in [0.2, 0.25) is 0 Å². The van der Waals surface area contributed by atoms with E-state index in [1.54, 1.807) is 6.92 Å². The molecule has 0 amide bonds. The van der Waals surface area contributed by atoms with Crippen molar-refractivity contribution < 1.29 is 19.1 Å². The van der Waals surface area contributed by atoms with Gasteiger partial charge in [0.15, 0.2) is 5.41 Å².